The number of carbonyl (C=O) groups excluding carboxylic acids is 3. The van der Waals surface area contributed by atoms with Gasteiger partial charge in [-0.25, -0.2) is 8.42 Å². The summed E-state index contributed by atoms with van der Waals surface area (Å²) in [6.45, 7) is 6.71. The number of carbonyl (C=O) groups is 3. The van der Waals surface area contributed by atoms with Gasteiger partial charge in [-0.1, -0.05) is 13.3 Å². The van der Waals surface area contributed by atoms with Gasteiger partial charge in [0.05, 0.1) is 12.6 Å². The quantitative estimate of drug-likeness (QED) is 0.483. The maximum atomic E-state index is 13.7. The van der Waals surface area contributed by atoms with Crippen molar-refractivity contribution < 1.29 is 22.8 Å². The Bertz CT molecular complexity index is 1350. The molecule has 2 aromatic rings. The molecule has 4 atom stereocenters. The van der Waals surface area contributed by atoms with Crippen molar-refractivity contribution in [1.82, 2.24) is 24.8 Å². The van der Waals surface area contributed by atoms with E-state index in [1.807, 2.05) is 19.1 Å². The number of sulfonamides is 1. The highest BCUT2D eigenvalue weighted by atomic mass is 32.2. The number of anilines is 1. The van der Waals surface area contributed by atoms with Crippen LogP contribution in [0.1, 0.15) is 43.5 Å². The summed E-state index contributed by atoms with van der Waals surface area (Å²) < 4.78 is 27.7. The third-order valence-electron chi connectivity index (χ3n) is 8.04. The number of likely N-dealkylation sites (tertiary alicyclic amines) is 1. The third kappa shape index (κ3) is 5.35. The van der Waals surface area contributed by atoms with Crippen LogP contribution >= 0.6 is 0 Å². The molecule has 4 heterocycles. The lowest BCUT2D eigenvalue weighted by Crippen LogP contribution is -2.52. The smallest absolute Gasteiger partial charge is 0.251 e. The first-order valence-corrected chi connectivity index (χ1v) is 15.3. The fourth-order valence-electron chi connectivity index (χ4n) is 5.99. The van der Waals surface area contributed by atoms with E-state index < -0.39 is 28.1 Å². The molecular formula is C28H36N6O5S. The van der Waals surface area contributed by atoms with Crippen LogP contribution in [-0.4, -0.2) is 97.1 Å². The highest BCUT2D eigenvalue weighted by Crippen LogP contribution is 2.34. The normalized spacial score (nSPS) is 24.1. The Morgan fingerprint density at radius 3 is 2.62 bits per heavy atom. The lowest BCUT2D eigenvalue weighted by Gasteiger charge is -2.36. The monoisotopic (exact) mass is 568 g/mol. The standard InChI is InChI=1S/C28H36N6O5S/c1-3-5-23(31-27(36)20-7-9-21(10-8-20)32-15-13-30-16-19(32)2)28(37)33-14-11-24-26(33)25(35)18-34(24)40(38,39)22-6-4-12-29-17-22/h4,6-10,12,17,19,23-24,26,30H,3,5,11,13-16,18H2,1-2H3,(H,31,36). The van der Waals surface area contributed by atoms with Crippen LogP contribution < -0.4 is 15.5 Å². The summed E-state index contributed by atoms with van der Waals surface area (Å²) in [5, 5.41) is 6.24. The molecular weight excluding hydrogens is 532 g/mol. The molecule has 3 aliphatic heterocycles. The second-order valence-corrected chi connectivity index (χ2v) is 12.5. The summed E-state index contributed by atoms with van der Waals surface area (Å²) >= 11 is 0. The fraction of sp³-hybridized carbons (Fsp3) is 0.500. The number of nitrogens with zero attached hydrogens (tertiary/aromatic N) is 4. The summed E-state index contributed by atoms with van der Waals surface area (Å²) in [5.41, 5.74) is 1.49. The van der Waals surface area contributed by atoms with E-state index in [-0.39, 0.29) is 35.6 Å². The molecule has 214 valence electrons. The van der Waals surface area contributed by atoms with Crippen LogP contribution in [0.25, 0.3) is 0 Å². The zero-order valence-electron chi connectivity index (χ0n) is 22.8. The summed E-state index contributed by atoms with van der Waals surface area (Å²) in [5.74, 6) is -1.04. The number of piperazine rings is 1. The largest absolute Gasteiger partial charge is 0.366 e. The lowest BCUT2D eigenvalue weighted by molar-refractivity contribution is -0.138. The fourth-order valence-corrected chi connectivity index (χ4v) is 7.58. The molecule has 5 rings (SSSR count). The summed E-state index contributed by atoms with van der Waals surface area (Å²) in [7, 11) is -3.94. The van der Waals surface area contributed by atoms with Crippen LogP contribution in [0.3, 0.4) is 0 Å². The van der Waals surface area contributed by atoms with E-state index in [2.05, 4.69) is 27.4 Å². The Hall–Kier alpha value is -3.35. The number of Topliss-reactive ketones (excluding diaryl/α,β-unsaturated/α-hetero) is 1. The van der Waals surface area contributed by atoms with Crippen molar-refractivity contribution >= 4 is 33.3 Å². The molecule has 0 spiro atoms. The number of fused-ring (bicyclic) bond motifs is 1. The SMILES string of the molecule is CCCC(NC(=O)c1ccc(N2CCNCC2C)cc1)C(=O)N1CCC2C1C(=O)CN2S(=O)(=O)c1cccnc1. The number of hydrogen-bond donors (Lipinski definition) is 2. The Kier molecular flexibility index (Phi) is 8.20. The Morgan fingerprint density at radius 1 is 1.18 bits per heavy atom. The van der Waals surface area contributed by atoms with Crippen molar-refractivity contribution in [3.8, 4) is 0 Å². The molecule has 0 aliphatic carbocycles. The van der Waals surface area contributed by atoms with Gasteiger partial charge < -0.3 is 20.4 Å². The average molecular weight is 569 g/mol. The molecule has 3 fully saturated rings. The number of hydrogen-bond acceptors (Lipinski definition) is 8. The Balaban J connectivity index is 1.28. The second kappa shape index (κ2) is 11.6. The number of ketones is 1. The van der Waals surface area contributed by atoms with Gasteiger partial charge in [-0.15, -0.1) is 0 Å². The summed E-state index contributed by atoms with van der Waals surface area (Å²) in [6.07, 6.45) is 4.14. The number of nitrogens with one attached hydrogen (secondary N) is 2. The first-order chi connectivity index (χ1) is 19.2. The van der Waals surface area contributed by atoms with Crippen LogP contribution in [0, 0.1) is 0 Å². The van der Waals surface area contributed by atoms with Crippen molar-refractivity contribution in [2.75, 3.05) is 37.6 Å². The van der Waals surface area contributed by atoms with Crippen molar-refractivity contribution in [1.29, 1.82) is 0 Å². The average Bonchev–Trinajstić information content (AvgIpc) is 3.54. The molecule has 1 aromatic carbocycles. The van der Waals surface area contributed by atoms with Crippen LogP contribution in [0.5, 0.6) is 0 Å². The van der Waals surface area contributed by atoms with Crippen LogP contribution in [0.15, 0.2) is 53.7 Å². The maximum absolute atomic E-state index is 13.7. The highest BCUT2D eigenvalue weighted by molar-refractivity contribution is 7.89. The van der Waals surface area contributed by atoms with Gasteiger partial charge in [-0.2, -0.15) is 4.31 Å². The van der Waals surface area contributed by atoms with Gasteiger partial charge in [0.15, 0.2) is 5.78 Å². The van der Waals surface area contributed by atoms with E-state index >= 15 is 0 Å². The minimum atomic E-state index is -3.94. The van der Waals surface area contributed by atoms with Crippen LogP contribution in [-0.2, 0) is 19.6 Å². The number of amides is 2. The number of pyridine rings is 1. The van der Waals surface area contributed by atoms with Crippen LogP contribution in [0.2, 0.25) is 0 Å². The number of aromatic nitrogens is 1. The molecule has 2 amide bonds. The lowest BCUT2D eigenvalue weighted by atomic mass is 10.1. The van der Waals surface area contributed by atoms with Crippen molar-refractivity contribution in [2.24, 2.45) is 0 Å². The Labute approximate surface area is 235 Å². The predicted molar refractivity (Wildman–Crippen MR) is 149 cm³/mol. The minimum Gasteiger partial charge on any atom is -0.366 e. The molecule has 1 aromatic heterocycles. The van der Waals surface area contributed by atoms with Gasteiger partial charge in [-0.05, 0) is 56.2 Å². The summed E-state index contributed by atoms with van der Waals surface area (Å²) in [6, 6.07) is 8.38. The molecule has 2 N–H and O–H groups in total. The van der Waals surface area contributed by atoms with E-state index in [0.29, 0.717) is 30.9 Å². The van der Waals surface area contributed by atoms with E-state index in [4.69, 9.17) is 0 Å². The third-order valence-corrected chi connectivity index (χ3v) is 9.90. The second-order valence-electron chi connectivity index (χ2n) is 10.6. The highest BCUT2D eigenvalue weighted by Gasteiger charge is 2.54. The van der Waals surface area contributed by atoms with Gasteiger partial charge in [0.1, 0.15) is 17.0 Å². The van der Waals surface area contributed by atoms with Gasteiger partial charge >= 0.3 is 0 Å². The van der Waals surface area contributed by atoms with Gasteiger partial charge in [0, 0.05) is 55.9 Å². The molecule has 11 nitrogen and oxygen atoms in total. The van der Waals surface area contributed by atoms with Gasteiger partial charge in [0.2, 0.25) is 15.9 Å². The van der Waals surface area contributed by atoms with E-state index in [1.54, 1.807) is 12.1 Å². The van der Waals surface area contributed by atoms with E-state index in [1.165, 1.54) is 33.7 Å². The first-order valence-electron chi connectivity index (χ1n) is 13.9. The van der Waals surface area contributed by atoms with Gasteiger partial charge in [0.25, 0.3) is 5.91 Å². The van der Waals surface area contributed by atoms with E-state index in [9.17, 15) is 22.8 Å². The number of rotatable bonds is 8. The Morgan fingerprint density at radius 2 is 1.95 bits per heavy atom. The maximum Gasteiger partial charge on any atom is 0.251 e. The molecule has 4 unspecified atom stereocenters. The zero-order valence-corrected chi connectivity index (χ0v) is 23.6. The van der Waals surface area contributed by atoms with Gasteiger partial charge in [-0.3, -0.25) is 19.4 Å². The molecule has 0 saturated carbocycles. The molecule has 12 heteroatoms. The predicted octanol–water partition coefficient (Wildman–Crippen LogP) is 1.02. The zero-order chi connectivity index (χ0) is 28.4. The summed E-state index contributed by atoms with van der Waals surface area (Å²) in [4.78, 5) is 47.6. The van der Waals surface area contributed by atoms with Crippen molar-refractivity contribution in [3.05, 3.63) is 54.4 Å². The molecule has 0 radical (unpaired) electrons. The van der Waals surface area contributed by atoms with Crippen LogP contribution in [0.4, 0.5) is 5.69 Å². The minimum absolute atomic E-state index is 0.0155. The molecule has 3 saturated heterocycles. The van der Waals surface area contributed by atoms with Crippen molar-refractivity contribution in [2.45, 2.75) is 62.2 Å². The molecule has 3 aliphatic rings. The van der Waals surface area contributed by atoms with Crippen molar-refractivity contribution in [3.63, 3.8) is 0 Å². The number of benzene rings is 1. The molecule has 40 heavy (non-hydrogen) atoms. The molecule has 0 bridgehead atoms. The first kappa shape index (κ1) is 28.2. The topological polar surface area (TPSA) is 132 Å². The van der Waals surface area contributed by atoms with E-state index in [0.717, 1.165) is 25.3 Å².